The summed E-state index contributed by atoms with van der Waals surface area (Å²) < 4.78 is 11.9. The predicted octanol–water partition coefficient (Wildman–Crippen LogP) is 4.79. The van der Waals surface area contributed by atoms with Crippen LogP contribution in [0.5, 0.6) is 11.5 Å². The van der Waals surface area contributed by atoms with Crippen LogP contribution in [-0.2, 0) is 6.61 Å². The number of pyridine rings is 1. The standard InChI is InChI=1S/C22H20N3O2/c1-15(2)27-20-11-10-17(26-14-16-7-4-3-5-8-16)13-18(20)21-24-19-9-6-12-23-22(19)25-21/h3-5,7-13,15H,14H2,1-2H3,(H,23,24,25). The third-order valence-corrected chi connectivity index (χ3v) is 4.02. The van der Waals surface area contributed by atoms with Gasteiger partial charge < -0.3 is 14.5 Å². The number of hydrogen-bond acceptors (Lipinski definition) is 4. The topological polar surface area (TPSA) is 60.0 Å². The maximum absolute atomic E-state index is 5.97. The van der Waals surface area contributed by atoms with Crippen molar-refractivity contribution in [2.45, 2.75) is 26.6 Å². The zero-order valence-electron chi connectivity index (χ0n) is 15.3. The molecular formula is C22H20N3O2. The average molecular weight is 358 g/mol. The number of aromatic amines is 1. The fraction of sp³-hybridized carbons (Fsp3) is 0.182. The Morgan fingerprint density at radius 1 is 1.11 bits per heavy atom. The Labute approximate surface area is 158 Å². The number of rotatable bonds is 6. The Morgan fingerprint density at radius 2 is 1.96 bits per heavy atom. The summed E-state index contributed by atoms with van der Waals surface area (Å²) in [5.41, 5.74) is 3.44. The molecule has 5 heteroatoms. The molecule has 5 nitrogen and oxygen atoms in total. The van der Waals surface area contributed by atoms with Crippen LogP contribution in [0.2, 0.25) is 0 Å². The third-order valence-electron chi connectivity index (χ3n) is 4.02. The van der Waals surface area contributed by atoms with E-state index in [4.69, 9.17) is 9.47 Å². The molecule has 2 heterocycles. The molecule has 1 N–H and O–H groups in total. The largest absolute Gasteiger partial charge is 0.490 e. The maximum atomic E-state index is 5.97. The summed E-state index contributed by atoms with van der Waals surface area (Å²) in [7, 11) is 0. The first-order valence-corrected chi connectivity index (χ1v) is 8.88. The lowest BCUT2D eigenvalue weighted by atomic mass is 10.1. The van der Waals surface area contributed by atoms with Crippen molar-refractivity contribution in [3.8, 4) is 22.9 Å². The minimum Gasteiger partial charge on any atom is -0.490 e. The summed E-state index contributed by atoms with van der Waals surface area (Å²) in [5.74, 6) is 2.20. The van der Waals surface area contributed by atoms with Gasteiger partial charge in [-0.25, -0.2) is 9.97 Å². The van der Waals surface area contributed by atoms with Gasteiger partial charge in [0.2, 0.25) is 0 Å². The number of H-pyrrole nitrogens is 1. The van der Waals surface area contributed by atoms with Crippen molar-refractivity contribution < 1.29 is 9.47 Å². The summed E-state index contributed by atoms with van der Waals surface area (Å²) in [5, 5.41) is 0. The number of imidazole rings is 1. The van der Waals surface area contributed by atoms with Crippen LogP contribution in [0.1, 0.15) is 19.4 Å². The van der Waals surface area contributed by atoms with Gasteiger partial charge in [-0.2, -0.15) is 0 Å². The number of nitrogens with one attached hydrogen (secondary N) is 1. The summed E-state index contributed by atoms with van der Waals surface area (Å²) in [6.07, 6.45) is 1.67. The van der Waals surface area contributed by atoms with Crippen LogP contribution in [0.4, 0.5) is 0 Å². The molecule has 0 unspecified atom stereocenters. The van der Waals surface area contributed by atoms with Gasteiger partial charge in [-0.15, -0.1) is 0 Å². The van der Waals surface area contributed by atoms with Gasteiger partial charge in [0, 0.05) is 12.3 Å². The van der Waals surface area contributed by atoms with Crippen LogP contribution in [0.15, 0.2) is 60.8 Å². The number of hydrogen-bond donors (Lipinski definition) is 1. The molecule has 2 aromatic heterocycles. The van der Waals surface area contributed by atoms with Crippen molar-refractivity contribution in [3.63, 3.8) is 0 Å². The SMILES string of the molecule is CC(C)Oc1ccc(OCc2ccccc2)cc1-c1nc2c[c]cnc2[nH]1. The van der Waals surface area contributed by atoms with Crippen molar-refractivity contribution in [2.75, 3.05) is 0 Å². The summed E-state index contributed by atoms with van der Waals surface area (Å²) in [6.45, 7) is 4.50. The Balaban J connectivity index is 1.68. The lowest BCUT2D eigenvalue weighted by Crippen LogP contribution is -2.07. The van der Waals surface area contributed by atoms with Crippen molar-refractivity contribution >= 4 is 11.2 Å². The minimum atomic E-state index is 0.0515. The molecule has 0 atom stereocenters. The Kier molecular flexibility index (Phi) is 4.75. The molecule has 0 saturated carbocycles. The van der Waals surface area contributed by atoms with E-state index < -0.39 is 0 Å². The molecule has 1 radical (unpaired) electrons. The van der Waals surface area contributed by atoms with Crippen LogP contribution >= 0.6 is 0 Å². The highest BCUT2D eigenvalue weighted by Crippen LogP contribution is 2.33. The van der Waals surface area contributed by atoms with Crippen molar-refractivity contribution in [2.24, 2.45) is 0 Å². The number of aromatic nitrogens is 3. The van der Waals surface area contributed by atoms with Crippen LogP contribution in [0.3, 0.4) is 0 Å². The monoisotopic (exact) mass is 358 g/mol. The first-order valence-electron chi connectivity index (χ1n) is 8.88. The van der Waals surface area contributed by atoms with E-state index in [1.54, 1.807) is 12.3 Å². The molecular weight excluding hydrogens is 338 g/mol. The van der Waals surface area contributed by atoms with Crippen LogP contribution in [0.25, 0.3) is 22.6 Å². The second-order valence-corrected chi connectivity index (χ2v) is 6.49. The fourth-order valence-corrected chi connectivity index (χ4v) is 2.80. The molecule has 0 fully saturated rings. The van der Waals surface area contributed by atoms with E-state index in [9.17, 15) is 0 Å². The Morgan fingerprint density at radius 3 is 2.74 bits per heavy atom. The smallest absolute Gasteiger partial charge is 0.157 e. The molecule has 0 aliphatic rings. The first kappa shape index (κ1) is 17.1. The molecule has 135 valence electrons. The average Bonchev–Trinajstić information content (AvgIpc) is 3.11. The molecule has 0 spiro atoms. The zero-order valence-corrected chi connectivity index (χ0v) is 15.3. The van der Waals surface area contributed by atoms with Gasteiger partial charge in [0.1, 0.15) is 29.4 Å². The lowest BCUT2D eigenvalue weighted by Gasteiger charge is -2.15. The number of benzene rings is 2. The Bertz CT molecular complexity index is 1010. The van der Waals surface area contributed by atoms with Crippen molar-refractivity contribution in [1.29, 1.82) is 0 Å². The molecule has 0 aliphatic heterocycles. The zero-order chi connectivity index (χ0) is 18.6. The highest BCUT2D eigenvalue weighted by atomic mass is 16.5. The summed E-state index contributed by atoms with van der Waals surface area (Å²) in [6, 6.07) is 20.6. The molecule has 0 amide bonds. The minimum absolute atomic E-state index is 0.0515. The highest BCUT2D eigenvalue weighted by molar-refractivity contribution is 5.78. The van der Waals surface area contributed by atoms with Crippen LogP contribution in [0, 0.1) is 6.07 Å². The number of fused-ring (bicyclic) bond motifs is 1. The molecule has 0 aliphatic carbocycles. The van der Waals surface area contributed by atoms with E-state index in [2.05, 4.69) is 21.0 Å². The van der Waals surface area contributed by atoms with Gasteiger partial charge in [0.15, 0.2) is 5.65 Å². The third kappa shape index (κ3) is 3.92. The van der Waals surface area contributed by atoms with E-state index >= 15 is 0 Å². The number of ether oxygens (including phenoxy) is 2. The fourth-order valence-electron chi connectivity index (χ4n) is 2.80. The van der Waals surface area contributed by atoms with E-state index in [1.807, 2.05) is 62.4 Å². The van der Waals surface area contributed by atoms with Crippen LogP contribution in [-0.4, -0.2) is 21.1 Å². The molecule has 0 saturated heterocycles. The number of nitrogens with zero attached hydrogens (tertiary/aromatic N) is 2. The Hall–Kier alpha value is -3.34. The quantitative estimate of drug-likeness (QED) is 0.538. The molecule has 4 aromatic rings. The van der Waals surface area contributed by atoms with Crippen LogP contribution < -0.4 is 9.47 Å². The van der Waals surface area contributed by atoms with E-state index in [0.717, 1.165) is 33.8 Å². The normalized spacial score (nSPS) is 11.1. The van der Waals surface area contributed by atoms with E-state index in [0.29, 0.717) is 12.4 Å². The van der Waals surface area contributed by atoms with Gasteiger partial charge in [0.25, 0.3) is 0 Å². The van der Waals surface area contributed by atoms with Crippen molar-refractivity contribution in [1.82, 2.24) is 15.0 Å². The van der Waals surface area contributed by atoms with Gasteiger partial charge in [-0.3, -0.25) is 0 Å². The second-order valence-electron chi connectivity index (χ2n) is 6.49. The van der Waals surface area contributed by atoms with Gasteiger partial charge in [-0.05, 0) is 43.7 Å². The molecule has 27 heavy (non-hydrogen) atoms. The second kappa shape index (κ2) is 7.50. The first-order chi connectivity index (χ1) is 13.2. The van der Waals surface area contributed by atoms with Gasteiger partial charge >= 0.3 is 0 Å². The predicted molar refractivity (Wildman–Crippen MR) is 105 cm³/mol. The molecule has 4 rings (SSSR count). The van der Waals surface area contributed by atoms with Gasteiger partial charge in [0.05, 0.1) is 11.7 Å². The van der Waals surface area contributed by atoms with E-state index in [-0.39, 0.29) is 6.10 Å². The summed E-state index contributed by atoms with van der Waals surface area (Å²) >= 11 is 0. The lowest BCUT2D eigenvalue weighted by molar-refractivity contribution is 0.242. The molecule has 0 bridgehead atoms. The molecule has 2 aromatic carbocycles. The van der Waals surface area contributed by atoms with E-state index in [1.165, 1.54) is 0 Å². The van der Waals surface area contributed by atoms with Gasteiger partial charge in [-0.1, -0.05) is 30.3 Å². The maximum Gasteiger partial charge on any atom is 0.157 e. The highest BCUT2D eigenvalue weighted by Gasteiger charge is 2.14. The van der Waals surface area contributed by atoms with Crippen molar-refractivity contribution in [3.05, 3.63) is 72.4 Å². The summed E-state index contributed by atoms with van der Waals surface area (Å²) in [4.78, 5) is 12.1.